The lowest BCUT2D eigenvalue weighted by atomic mass is 9.90. The van der Waals surface area contributed by atoms with Crippen molar-refractivity contribution in [1.29, 1.82) is 0 Å². The highest BCUT2D eigenvalue weighted by Gasteiger charge is 2.51. The van der Waals surface area contributed by atoms with Gasteiger partial charge in [0, 0.05) is 13.8 Å². The number of ether oxygens (including phenoxy) is 6. The van der Waals surface area contributed by atoms with E-state index in [0.717, 1.165) is 27.7 Å². The average Bonchev–Trinajstić information content (AvgIpc) is 1.09. The van der Waals surface area contributed by atoms with Crippen LogP contribution >= 0.6 is 0 Å². The van der Waals surface area contributed by atoms with Gasteiger partial charge in [0.2, 0.25) is 34.8 Å². The molecule has 0 aromatic heterocycles. The van der Waals surface area contributed by atoms with Crippen molar-refractivity contribution in [2.24, 2.45) is 34.0 Å². The molecule has 34 heteroatoms. The summed E-state index contributed by atoms with van der Waals surface area (Å²) in [7, 11) is 0. The van der Waals surface area contributed by atoms with Gasteiger partial charge in [0.05, 0.1) is 40.4 Å². The summed E-state index contributed by atoms with van der Waals surface area (Å²) in [6, 6.07) is 0. The molecule has 1 rings (SSSR count). The average molecular weight is 1380 g/mol. The maximum absolute atomic E-state index is 13.2. The fraction of sp³-hybridized carbons (Fsp3) is 0.789. The van der Waals surface area contributed by atoms with Crippen molar-refractivity contribution >= 4 is 35.8 Å². The zero-order valence-electron chi connectivity index (χ0n) is 53.9. The number of carbonyl (C=O) groups excluding carboxylic acids is 6. The van der Waals surface area contributed by atoms with Crippen LogP contribution in [0.25, 0.3) is 0 Å². The second-order valence-corrected chi connectivity index (χ2v) is 22.8. The number of esters is 6. The van der Waals surface area contributed by atoms with E-state index in [1.54, 1.807) is 69.2 Å². The van der Waals surface area contributed by atoms with E-state index in [4.69, 9.17) is 0 Å². The molecule has 0 saturated carbocycles. The second-order valence-electron chi connectivity index (χ2n) is 22.8. The Labute approximate surface area is 514 Å². The number of benzene rings is 1. The van der Waals surface area contributed by atoms with E-state index in [2.05, 4.69) is 28.4 Å². The lowest BCUT2D eigenvalue weighted by Gasteiger charge is -2.26. The number of hydrogen-bond acceptors (Lipinski definition) is 12. The Balaban J connectivity index is -0.000000329. The van der Waals surface area contributed by atoms with Gasteiger partial charge in [0.1, 0.15) is 6.42 Å². The Bertz CT molecular complexity index is 2350. The van der Waals surface area contributed by atoms with E-state index in [1.807, 2.05) is 6.92 Å². The summed E-state index contributed by atoms with van der Waals surface area (Å²) in [4.78, 5) is 66.9. The van der Waals surface area contributed by atoms with E-state index < -0.39 is 186 Å². The minimum atomic E-state index is -5.26. The van der Waals surface area contributed by atoms with Crippen molar-refractivity contribution in [3.8, 4) is 5.75 Å². The van der Waals surface area contributed by atoms with Gasteiger partial charge in [-0.2, -0.15) is 48.3 Å². The van der Waals surface area contributed by atoms with Crippen LogP contribution in [-0.2, 0) is 52.5 Å². The maximum Gasteiger partial charge on any atom is 0.425 e. The lowest BCUT2D eigenvalue weighted by Crippen LogP contribution is -2.38. The molecule has 0 amide bonds. The number of hydrogen-bond donors (Lipinski definition) is 0. The first kappa shape index (κ1) is 94.2. The van der Waals surface area contributed by atoms with Crippen LogP contribution in [0, 0.1) is 63.1 Å². The van der Waals surface area contributed by atoms with Crippen molar-refractivity contribution in [1.82, 2.24) is 0 Å². The predicted molar refractivity (Wildman–Crippen MR) is 285 cm³/mol. The first-order chi connectivity index (χ1) is 40.4. The maximum atomic E-state index is 13.2. The number of carbonyl (C=O) groups is 6. The fourth-order valence-corrected chi connectivity index (χ4v) is 4.43. The Morgan fingerprint density at radius 2 is 0.659 bits per heavy atom. The minimum absolute atomic E-state index is 0.266. The number of alkyl halides is 17. The minimum Gasteiger partial charge on any atom is -0.459 e. The molecule has 5 unspecified atom stereocenters. The molecule has 5 atom stereocenters. The van der Waals surface area contributed by atoms with Gasteiger partial charge in [-0.1, -0.05) is 62.3 Å². The quantitative estimate of drug-likeness (QED) is 0.0241. The highest BCUT2D eigenvalue weighted by molar-refractivity contribution is 5.77. The predicted octanol–water partition coefficient (Wildman–Crippen LogP) is 18.2. The Kier molecular flexibility index (Phi) is 40.6. The molecule has 91 heavy (non-hydrogen) atoms. The highest BCUT2D eigenvalue weighted by atomic mass is 19.4. The van der Waals surface area contributed by atoms with Gasteiger partial charge in [0.15, 0.2) is 32.0 Å². The van der Waals surface area contributed by atoms with Crippen LogP contribution in [0.15, 0.2) is 0 Å². The van der Waals surface area contributed by atoms with Crippen LogP contribution in [0.5, 0.6) is 5.75 Å². The molecule has 0 heterocycles. The summed E-state index contributed by atoms with van der Waals surface area (Å²) in [5.41, 5.74) is -2.62. The van der Waals surface area contributed by atoms with E-state index in [0.29, 0.717) is 32.1 Å². The Morgan fingerprint density at radius 3 is 0.978 bits per heavy atom. The summed E-state index contributed by atoms with van der Waals surface area (Å²) in [5, 5.41) is 0. The van der Waals surface area contributed by atoms with Gasteiger partial charge in [-0.05, 0) is 93.9 Å². The molecule has 0 aliphatic heterocycles. The highest BCUT2D eigenvalue weighted by Crippen LogP contribution is 2.40. The molecule has 0 fully saturated rings. The zero-order chi connectivity index (χ0) is 73.8. The smallest absolute Gasteiger partial charge is 0.425 e. The van der Waals surface area contributed by atoms with Gasteiger partial charge >= 0.3 is 54.3 Å². The molecule has 0 bridgehead atoms. The first-order valence-electron chi connectivity index (χ1n) is 27.7. The zero-order valence-corrected chi connectivity index (χ0v) is 53.9. The molecule has 1 aromatic carbocycles. The van der Waals surface area contributed by atoms with E-state index in [-0.39, 0.29) is 12.3 Å². The van der Waals surface area contributed by atoms with Gasteiger partial charge in [-0.25, -0.2) is 48.3 Å². The molecule has 1 aromatic rings. The standard InChI is InChI=1S/C12H17F7O2.C11H9F5O2.C9H15F3O2.C9H16F2O2.C8H13F3O2.C8H14F2O2/c1-4-9(2,3)8(20)21-7-11(15,16)5-10(13,14)6-12(17,18)19;1-3-4(2)11(17)18-10-8(15)6(13)5(12)7(14)9(10)16;1-5-8(3,4)7(13)14-6(2)9(10,11)12;1-5-8(2,3)7(12)13-6-9(4,10)11;1-4-5(2)7(12)13-6(3)8(9,10)11;1-4-6(2)7(11)12-5-8(3,9)10/h4-7H2,1-3H3;4H,3H2,1-2H3;6H,5H2,1-4H3;5-6H2,1-4H3;5-6H,4H2,1-3H3;6H,4-5H2,1-3H3. The van der Waals surface area contributed by atoms with Crippen LogP contribution < -0.4 is 4.74 Å². The molecular weight excluding hydrogens is 1290 g/mol. The molecule has 0 spiro atoms. The van der Waals surface area contributed by atoms with Gasteiger partial charge in [0.25, 0.3) is 23.7 Å². The van der Waals surface area contributed by atoms with Crippen molar-refractivity contribution < 1.29 is 154 Å². The molecule has 538 valence electrons. The van der Waals surface area contributed by atoms with Crippen LogP contribution in [0.2, 0.25) is 0 Å². The molecule has 0 radical (unpaired) electrons. The van der Waals surface area contributed by atoms with Crippen LogP contribution in [0.1, 0.15) is 183 Å². The molecule has 0 saturated heterocycles. The normalized spacial score (nSPS) is 14.1. The van der Waals surface area contributed by atoms with E-state index in [9.17, 15) is 125 Å². The molecular formula is C57H84F22O12. The lowest BCUT2D eigenvalue weighted by molar-refractivity contribution is -0.221. The summed E-state index contributed by atoms with van der Waals surface area (Å²) >= 11 is 0. The van der Waals surface area contributed by atoms with Gasteiger partial charge in [-0.3, -0.25) is 28.8 Å². The molecule has 0 aliphatic carbocycles. The van der Waals surface area contributed by atoms with Crippen molar-refractivity contribution in [2.45, 2.75) is 237 Å². The largest absolute Gasteiger partial charge is 0.459 e. The third kappa shape index (κ3) is 41.7. The van der Waals surface area contributed by atoms with E-state index in [1.165, 1.54) is 27.7 Å². The molecule has 12 nitrogen and oxygen atoms in total. The van der Waals surface area contributed by atoms with Crippen molar-refractivity contribution in [3.63, 3.8) is 0 Å². The fourth-order valence-electron chi connectivity index (χ4n) is 4.43. The third-order valence-electron chi connectivity index (χ3n) is 12.5. The SMILES string of the molecule is CCC(C)(C)C(=O)OC(C)C(F)(F)F.CCC(C)(C)C(=O)OCC(C)(F)F.CCC(C)(C)C(=O)OCC(F)(F)CC(F)(F)CC(F)(F)F.CCC(C)C(=O)OC(C)C(F)(F)F.CCC(C)C(=O)OCC(C)(F)F.CCC(C)C(=O)Oc1c(F)c(F)c(F)c(F)c1F. The van der Waals surface area contributed by atoms with E-state index >= 15 is 0 Å². The van der Waals surface area contributed by atoms with Crippen LogP contribution in [0.3, 0.4) is 0 Å². The third-order valence-corrected chi connectivity index (χ3v) is 12.5. The Morgan fingerprint density at radius 1 is 0.363 bits per heavy atom. The van der Waals surface area contributed by atoms with Crippen molar-refractivity contribution in [2.75, 3.05) is 19.8 Å². The summed E-state index contributed by atoms with van der Waals surface area (Å²) in [6.07, 6.45) is -20.6. The summed E-state index contributed by atoms with van der Waals surface area (Å²) < 4.78 is 299. The topological polar surface area (TPSA) is 158 Å². The summed E-state index contributed by atoms with van der Waals surface area (Å²) in [6.45, 7) is 23.8. The van der Waals surface area contributed by atoms with Crippen molar-refractivity contribution in [3.05, 3.63) is 29.1 Å². The van der Waals surface area contributed by atoms with Crippen LogP contribution in [-0.4, -0.2) is 110 Å². The van der Waals surface area contributed by atoms with Gasteiger partial charge in [-0.15, -0.1) is 0 Å². The second kappa shape index (κ2) is 39.3. The first-order valence-corrected chi connectivity index (χ1v) is 27.7. The summed E-state index contributed by atoms with van der Waals surface area (Å²) in [5.74, 6) is -33.6. The monoisotopic (exact) mass is 1380 g/mol. The Hall–Kier alpha value is -5.50. The van der Waals surface area contributed by atoms with Crippen LogP contribution in [0.4, 0.5) is 96.6 Å². The number of rotatable bonds is 24. The number of halogens is 22. The molecule has 0 aliphatic rings. The molecule has 0 N–H and O–H groups in total. The van der Waals surface area contributed by atoms with Gasteiger partial charge < -0.3 is 28.4 Å².